The molecule has 0 aliphatic carbocycles. The van der Waals surface area contributed by atoms with Crippen LogP contribution < -0.4 is 10.6 Å². The van der Waals surface area contributed by atoms with Crippen molar-refractivity contribution in [2.45, 2.75) is 56.5 Å². The molecule has 2 saturated heterocycles. The molecule has 0 bridgehead atoms. The Balaban J connectivity index is 1.84. The summed E-state index contributed by atoms with van der Waals surface area (Å²) in [5.74, 6) is -2.07. The number of carbonyl (C=O) groups is 1. The Morgan fingerprint density at radius 2 is 2.19 bits per heavy atom. The highest BCUT2D eigenvalue weighted by Gasteiger charge is 2.60. The van der Waals surface area contributed by atoms with E-state index in [1.807, 2.05) is 13.8 Å². The van der Waals surface area contributed by atoms with Gasteiger partial charge in [-0.05, 0) is 20.8 Å². The summed E-state index contributed by atoms with van der Waals surface area (Å²) in [4.78, 5) is 26.9. The predicted molar refractivity (Wildman–Crippen MR) is 84.5 cm³/mol. The molecule has 2 aliphatic rings. The second kappa shape index (κ2) is 7.88. The number of nitrogens with zero attached hydrogens (tertiary/aromatic N) is 1. The van der Waals surface area contributed by atoms with Crippen LogP contribution >= 0.6 is 0 Å². The first kappa shape index (κ1) is 20.6. The van der Waals surface area contributed by atoms with E-state index < -0.39 is 53.5 Å². The second-order valence-corrected chi connectivity index (χ2v) is 7.10. The van der Waals surface area contributed by atoms with Crippen LogP contribution in [0.25, 0.3) is 0 Å². The third-order valence-electron chi connectivity index (χ3n) is 4.07. The summed E-state index contributed by atoms with van der Waals surface area (Å²) < 4.78 is 15.6. The lowest BCUT2D eigenvalue weighted by Gasteiger charge is -2.29. The average Bonchev–Trinajstić information content (AvgIpc) is 3.06. The highest BCUT2D eigenvalue weighted by molar-refractivity contribution is 5.67. The number of hydrogen-bond acceptors (Lipinski definition) is 10. The van der Waals surface area contributed by atoms with Crippen LogP contribution in [0.5, 0.6) is 0 Å². The molecule has 0 aromatic rings. The van der Waals surface area contributed by atoms with Crippen molar-refractivity contribution in [3.8, 4) is 0 Å². The number of nitrogens with one attached hydrogen (secondary N) is 2. The smallest absolute Gasteiger partial charge is 0.409 e. The van der Waals surface area contributed by atoms with Crippen LogP contribution in [-0.2, 0) is 19.0 Å². The van der Waals surface area contributed by atoms with Crippen LogP contribution in [0.3, 0.4) is 0 Å². The number of aliphatic hydroxyl groups is 2. The van der Waals surface area contributed by atoms with Crippen LogP contribution in [0.15, 0.2) is 0 Å². The van der Waals surface area contributed by atoms with E-state index in [9.17, 15) is 25.1 Å². The molecule has 150 valence electrons. The van der Waals surface area contributed by atoms with E-state index in [0.29, 0.717) is 6.54 Å². The van der Waals surface area contributed by atoms with Gasteiger partial charge in [-0.15, -0.1) is 10.1 Å². The number of ether oxygens (including phenoxy) is 3. The van der Waals surface area contributed by atoms with Crippen LogP contribution in [0.2, 0.25) is 0 Å². The first-order valence-electron chi connectivity index (χ1n) is 8.19. The van der Waals surface area contributed by atoms with Crippen molar-refractivity contribution in [1.29, 1.82) is 0 Å². The van der Waals surface area contributed by atoms with Gasteiger partial charge in [-0.25, -0.2) is 4.79 Å². The molecule has 0 aromatic carbocycles. The lowest BCUT2D eigenvalue weighted by atomic mass is 10.1. The van der Waals surface area contributed by atoms with Crippen molar-refractivity contribution in [3.05, 3.63) is 10.1 Å². The van der Waals surface area contributed by atoms with Gasteiger partial charge in [0.2, 0.25) is 0 Å². The van der Waals surface area contributed by atoms with Crippen molar-refractivity contribution in [2.24, 2.45) is 0 Å². The Kier molecular flexibility index (Phi) is 6.24. The number of hydrogen-bond donors (Lipinski definition) is 4. The number of carbonyl (C=O) groups excluding carboxylic acids is 1. The number of aliphatic hydroxyl groups excluding tert-OH is 1. The van der Waals surface area contributed by atoms with Gasteiger partial charge in [-0.2, -0.15) is 0 Å². The Bertz CT molecular complexity index is 530. The standard InChI is InChI=1S/C14H25N3O9/c1-8(18)4-16-13(2,3)6-15-12(19)25-14(20)7-24-10-9(26-17(21)22)5-23-11(10)14/h8-11,16,18,20H,4-7H2,1-3H3,(H,15,19)/t8?,9-,10-,11+,14+/m1/s1. The number of alkyl carbamates (subject to hydrolysis) is 1. The molecule has 2 heterocycles. The van der Waals surface area contributed by atoms with E-state index in [0.717, 1.165) is 0 Å². The first-order valence-corrected chi connectivity index (χ1v) is 8.19. The van der Waals surface area contributed by atoms with E-state index in [2.05, 4.69) is 15.5 Å². The second-order valence-electron chi connectivity index (χ2n) is 7.10. The average molecular weight is 379 g/mol. The molecular weight excluding hydrogens is 354 g/mol. The zero-order valence-electron chi connectivity index (χ0n) is 14.8. The molecule has 0 aromatic heterocycles. The third kappa shape index (κ3) is 5.14. The normalized spacial score (nSPS) is 32.0. The zero-order valence-corrected chi connectivity index (χ0v) is 14.8. The molecule has 2 rings (SSSR count). The highest BCUT2D eigenvalue weighted by atomic mass is 17.0. The lowest BCUT2D eigenvalue weighted by Crippen LogP contribution is -2.53. The Hall–Kier alpha value is -1.73. The molecule has 5 atom stereocenters. The summed E-state index contributed by atoms with van der Waals surface area (Å²) in [6.45, 7) is 5.22. The Morgan fingerprint density at radius 1 is 1.50 bits per heavy atom. The molecule has 26 heavy (non-hydrogen) atoms. The van der Waals surface area contributed by atoms with Crippen molar-refractivity contribution in [2.75, 3.05) is 26.3 Å². The molecule has 1 unspecified atom stereocenters. The molecule has 0 saturated carbocycles. The number of fused-ring (bicyclic) bond motifs is 1. The monoisotopic (exact) mass is 379 g/mol. The van der Waals surface area contributed by atoms with Gasteiger partial charge >= 0.3 is 6.09 Å². The van der Waals surface area contributed by atoms with Gasteiger partial charge in [0.05, 0.1) is 12.7 Å². The van der Waals surface area contributed by atoms with Crippen LogP contribution in [0.1, 0.15) is 20.8 Å². The van der Waals surface area contributed by atoms with E-state index in [-0.39, 0.29) is 13.2 Å². The molecule has 1 amide bonds. The van der Waals surface area contributed by atoms with E-state index >= 15 is 0 Å². The summed E-state index contributed by atoms with van der Waals surface area (Å²) in [6.07, 6.45) is -4.43. The molecule has 2 aliphatic heterocycles. The quantitative estimate of drug-likeness (QED) is 0.222. The van der Waals surface area contributed by atoms with Gasteiger partial charge in [0, 0.05) is 18.6 Å². The molecular formula is C14H25N3O9. The molecule has 12 heteroatoms. The molecule has 4 N–H and O–H groups in total. The zero-order chi connectivity index (χ0) is 19.5. The van der Waals surface area contributed by atoms with E-state index in [1.54, 1.807) is 6.92 Å². The minimum Gasteiger partial charge on any atom is -0.411 e. The topological polar surface area (TPSA) is 162 Å². The van der Waals surface area contributed by atoms with Crippen LogP contribution in [-0.4, -0.2) is 83.4 Å². The predicted octanol–water partition coefficient (Wildman–Crippen LogP) is -1.48. The summed E-state index contributed by atoms with van der Waals surface area (Å²) in [7, 11) is 0. The Labute approximate surface area is 149 Å². The molecule has 0 spiro atoms. The fourth-order valence-corrected chi connectivity index (χ4v) is 2.73. The van der Waals surface area contributed by atoms with E-state index in [4.69, 9.17) is 14.2 Å². The fraction of sp³-hybridized carbons (Fsp3) is 0.929. The first-order chi connectivity index (χ1) is 12.0. The van der Waals surface area contributed by atoms with Crippen molar-refractivity contribution >= 4 is 6.09 Å². The van der Waals surface area contributed by atoms with Gasteiger partial charge in [0.25, 0.3) is 10.9 Å². The largest absolute Gasteiger partial charge is 0.411 e. The highest BCUT2D eigenvalue weighted by Crippen LogP contribution is 2.36. The molecule has 2 fully saturated rings. The summed E-state index contributed by atoms with van der Waals surface area (Å²) in [5.41, 5.74) is -0.526. The van der Waals surface area contributed by atoms with Crippen molar-refractivity contribution in [1.82, 2.24) is 10.6 Å². The number of β-amino-alcohol motifs (C(OH)–C–C–N with tert-alkyl or cyclic N) is 1. The summed E-state index contributed by atoms with van der Waals surface area (Å²) in [6, 6.07) is 0. The molecule has 0 radical (unpaired) electrons. The van der Waals surface area contributed by atoms with Gasteiger partial charge < -0.3 is 39.9 Å². The third-order valence-corrected chi connectivity index (χ3v) is 4.07. The van der Waals surface area contributed by atoms with Crippen LogP contribution in [0, 0.1) is 10.1 Å². The van der Waals surface area contributed by atoms with E-state index in [1.165, 1.54) is 0 Å². The lowest BCUT2D eigenvalue weighted by molar-refractivity contribution is -0.769. The van der Waals surface area contributed by atoms with Gasteiger partial charge in [0.1, 0.15) is 12.7 Å². The number of amides is 1. The summed E-state index contributed by atoms with van der Waals surface area (Å²) in [5, 5.41) is 34.8. The minimum atomic E-state index is -2.07. The van der Waals surface area contributed by atoms with Crippen LogP contribution in [0.4, 0.5) is 4.79 Å². The maximum atomic E-state index is 12.0. The van der Waals surface area contributed by atoms with Gasteiger partial charge in [-0.3, -0.25) is 0 Å². The fourth-order valence-electron chi connectivity index (χ4n) is 2.73. The van der Waals surface area contributed by atoms with Crippen molar-refractivity contribution in [3.63, 3.8) is 0 Å². The van der Waals surface area contributed by atoms with Crippen molar-refractivity contribution < 1.29 is 39.1 Å². The number of rotatable bonds is 8. The Morgan fingerprint density at radius 3 is 2.81 bits per heavy atom. The SMILES string of the molecule is CC(O)CNC(C)(C)CNC(=O)O[C@@]1(O)CO[C@@H]2[C@H](O[N+](=O)[O-])CO[C@@H]21. The maximum Gasteiger partial charge on any atom is 0.409 e. The summed E-state index contributed by atoms with van der Waals surface area (Å²) >= 11 is 0. The molecule has 12 nitrogen and oxygen atoms in total. The van der Waals surface area contributed by atoms with Gasteiger partial charge in [-0.1, -0.05) is 0 Å². The van der Waals surface area contributed by atoms with Gasteiger partial charge in [0.15, 0.2) is 12.2 Å². The minimum absolute atomic E-state index is 0.164. The maximum absolute atomic E-state index is 12.0.